The van der Waals surface area contributed by atoms with Gasteiger partial charge in [0.1, 0.15) is 0 Å². The maximum Gasteiger partial charge on any atom is 0.0651 e. The number of fused-ring (bicyclic) bond motifs is 2. The van der Waals surface area contributed by atoms with Crippen molar-refractivity contribution < 1.29 is 5.11 Å². The van der Waals surface area contributed by atoms with Gasteiger partial charge in [-0.25, -0.2) is 0 Å². The average Bonchev–Trinajstić information content (AvgIpc) is 3.11. The lowest BCUT2D eigenvalue weighted by Gasteiger charge is -2.32. The standard InChI is InChI=1S/C19H29NO/c1-12(2)14-5-7-15(8-6-14)18(11-20)19(21)17-10-13-3-4-16(17)9-13/h5-8,12-13,16-19,21H,3-4,9-11,20H2,1-2H3. The number of benzene rings is 1. The summed E-state index contributed by atoms with van der Waals surface area (Å²) < 4.78 is 0. The lowest BCUT2D eigenvalue weighted by atomic mass is 9.77. The van der Waals surface area contributed by atoms with Crippen molar-refractivity contribution in [2.24, 2.45) is 23.5 Å². The topological polar surface area (TPSA) is 46.2 Å². The van der Waals surface area contributed by atoms with Gasteiger partial charge in [-0.05, 0) is 54.1 Å². The van der Waals surface area contributed by atoms with Gasteiger partial charge in [-0.1, -0.05) is 44.5 Å². The van der Waals surface area contributed by atoms with Crippen molar-refractivity contribution >= 4 is 0 Å². The molecule has 21 heavy (non-hydrogen) atoms. The van der Waals surface area contributed by atoms with E-state index < -0.39 is 0 Å². The van der Waals surface area contributed by atoms with Crippen molar-refractivity contribution in [3.63, 3.8) is 0 Å². The van der Waals surface area contributed by atoms with Crippen LogP contribution in [0.2, 0.25) is 0 Å². The maximum atomic E-state index is 10.9. The Kier molecular flexibility index (Phi) is 4.37. The largest absolute Gasteiger partial charge is 0.392 e. The van der Waals surface area contributed by atoms with Gasteiger partial charge in [-0.3, -0.25) is 0 Å². The first kappa shape index (κ1) is 15.1. The molecule has 3 N–H and O–H groups in total. The number of rotatable bonds is 5. The highest BCUT2D eigenvalue weighted by molar-refractivity contribution is 5.28. The predicted molar refractivity (Wildman–Crippen MR) is 87.3 cm³/mol. The van der Waals surface area contributed by atoms with E-state index in [1.807, 2.05) is 0 Å². The Labute approximate surface area is 128 Å². The van der Waals surface area contributed by atoms with Crippen molar-refractivity contribution in [3.05, 3.63) is 35.4 Å². The summed E-state index contributed by atoms with van der Waals surface area (Å²) in [5, 5.41) is 10.9. The molecule has 2 aliphatic rings. The predicted octanol–water partition coefficient (Wildman–Crippen LogP) is 3.65. The molecule has 2 aliphatic carbocycles. The van der Waals surface area contributed by atoms with Crippen LogP contribution < -0.4 is 5.73 Å². The Morgan fingerprint density at radius 2 is 1.76 bits per heavy atom. The van der Waals surface area contributed by atoms with Crippen molar-refractivity contribution in [2.75, 3.05) is 6.54 Å². The molecule has 2 heteroatoms. The van der Waals surface area contributed by atoms with E-state index in [0.29, 0.717) is 18.4 Å². The van der Waals surface area contributed by atoms with Gasteiger partial charge in [0.05, 0.1) is 6.10 Å². The fourth-order valence-electron chi connectivity index (χ4n) is 4.61. The number of nitrogens with two attached hydrogens (primary N) is 1. The summed E-state index contributed by atoms with van der Waals surface area (Å²) in [5.41, 5.74) is 8.57. The van der Waals surface area contributed by atoms with Crippen LogP contribution in [-0.2, 0) is 0 Å². The molecular weight excluding hydrogens is 258 g/mol. The zero-order valence-electron chi connectivity index (χ0n) is 13.3. The van der Waals surface area contributed by atoms with Gasteiger partial charge in [0, 0.05) is 12.5 Å². The molecule has 2 nitrogen and oxygen atoms in total. The Bertz CT molecular complexity index is 467. The van der Waals surface area contributed by atoms with E-state index in [-0.39, 0.29) is 12.0 Å². The summed E-state index contributed by atoms with van der Waals surface area (Å²) in [5.74, 6) is 2.73. The number of aliphatic hydroxyl groups excluding tert-OH is 1. The zero-order chi connectivity index (χ0) is 15.0. The smallest absolute Gasteiger partial charge is 0.0651 e. The minimum Gasteiger partial charge on any atom is -0.392 e. The molecule has 1 aromatic carbocycles. The number of hydrogen-bond acceptors (Lipinski definition) is 2. The highest BCUT2D eigenvalue weighted by Gasteiger charge is 2.44. The lowest BCUT2D eigenvalue weighted by Crippen LogP contribution is -2.35. The van der Waals surface area contributed by atoms with Crippen LogP contribution in [0.1, 0.15) is 62.5 Å². The number of aliphatic hydroxyl groups is 1. The Hall–Kier alpha value is -0.860. The van der Waals surface area contributed by atoms with E-state index in [1.54, 1.807) is 0 Å². The van der Waals surface area contributed by atoms with Crippen LogP contribution >= 0.6 is 0 Å². The number of hydrogen-bond donors (Lipinski definition) is 2. The van der Waals surface area contributed by atoms with Gasteiger partial charge in [0.15, 0.2) is 0 Å². The third-order valence-corrected chi connectivity index (χ3v) is 5.93. The molecule has 1 aromatic rings. The lowest BCUT2D eigenvalue weighted by molar-refractivity contribution is 0.0532. The summed E-state index contributed by atoms with van der Waals surface area (Å²) in [6.07, 6.45) is 4.98. The first-order valence-electron chi connectivity index (χ1n) is 8.58. The SMILES string of the molecule is CC(C)c1ccc(C(CN)C(O)C2CC3CCC2C3)cc1. The molecule has 0 amide bonds. The van der Waals surface area contributed by atoms with Crippen molar-refractivity contribution in [1.82, 2.24) is 0 Å². The maximum absolute atomic E-state index is 10.9. The van der Waals surface area contributed by atoms with Crippen LogP contribution in [0.3, 0.4) is 0 Å². The molecule has 2 fully saturated rings. The van der Waals surface area contributed by atoms with Crippen LogP contribution in [0.4, 0.5) is 0 Å². The van der Waals surface area contributed by atoms with E-state index in [9.17, 15) is 5.11 Å². The molecule has 0 spiro atoms. The summed E-state index contributed by atoms with van der Waals surface area (Å²) in [6.45, 7) is 4.95. The second kappa shape index (κ2) is 6.10. The minimum absolute atomic E-state index is 0.0931. The Morgan fingerprint density at radius 1 is 1.10 bits per heavy atom. The van der Waals surface area contributed by atoms with Gasteiger partial charge in [0.2, 0.25) is 0 Å². The normalized spacial score (nSPS) is 30.8. The van der Waals surface area contributed by atoms with Crippen molar-refractivity contribution in [2.45, 2.75) is 57.5 Å². The molecule has 116 valence electrons. The molecule has 5 atom stereocenters. The summed E-state index contributed by atoms with van der Waals surface area (Å²) in [7, 11) is 0. The van der Waals surface area contributed by atoms with Gasteiger partial charge in [-0.15, -0.1) is 0 Å². The van der Waals surface area contributed by atoms with E-state index in [0.717, 1.165) is 11.8 Å². The highest BCUT2D eigenvalue weighted by atomic mass is 16.3. The summed E-state index contributed by atoms with van der Waals surface area (Å²) >= 11 is 0. The molecule has 0 aromatic heterocycles. The zero-order valence-corrected chi connectivity index (χ0v) is 13.3. The average molecular weight is 287 g/mol. The first-order chi connectivity index (χ1) is 10.1. The van der Waals surface area contributed by atoms with Crippen LogP contribution in [0.15, 0.2) is 24.3 Å². The second-order valence-electron chi connectivity index (χ2n) is 7.49. The van der Waals surface area contributed by atoms with Crippen LogP contribution in [-0.4, -0.2) is 17.8 Å². The van der Waals surface area contributed by atoms with Gasteiger partial charge < -0.3 is 10.8 Å². The molecule has 5 unspecified atom stereocenters. The van der Waals surface area contributed by atoms with Crippen molar-refractivity contribution in [3.8, 4) is 0 Å². The van der Waals surface area contributed by atoms with Crippen LogP contribution in [0, 0.1) is 17.8 Å². The molecule has 0 heterocycles. The van der Waals surface area contributed by atoms with E-state index in [1.165, 1.54) is 36.8 Å². The van der Waals surface area contributed by atoms with Gasteiger partial charge >= 0.3 is 0 Å². The molecule has 3 rings (SSSR count). The minimum atomic E-state index is -0.268. The van der Waals surface area contributed by atoms with Gasteiger partial charge in [-0.2, -0.15) is 0 Å². The molecular formula is C19H29NO. The fraction of sp³-hybridized carbons (Fsp3) is 0.684. The third-order valence-electron chi connectivity index (χ3n) is 5.93. The van der Waals surface area contributed by atoms with Gasteiger partial charge in [0.25, 0.3) is 0 Å². The van der Waals surface area contributed by atoms with E-state index >= 15 is 0 Å². The first-order valence-corrected chi connectivity index (χ1v) is 8.58. The molecule has 0 aliphatic heterocycles. The molecule has 2 saturated carbocycles. The Balaban J connectivity index is 1.74. The monoisotopic (exact) mass is 287 g/mol. The highest BCUT2D eigenvalue weighted by Crippen LogP contribution is 2.51. The van der Waals surface area contributed by atoms with Crippen LogP contribution in [0.25, 0.3) is 0 Å². The fourth-order valence-corrected chi connectivity index (χ4v) is 4.61. The van der Waals surface area contributed by atoms with Crippen LogP contribution in [0.5, 0.6) is 0 Å². The van der Waals surface area contributed by atoms with E-state index in [2.05, 4.69) is 38.1 Å². The molecule has 0 radical (unpaired) electrons. The quantitative estimate of drug-likeness (QED) is 0.868. The van der Waals surface area contributed by atoms with E-state index in [4.69, 9.17) is 5.73 Å². The molecule has 0 saturated heterocycles. The van der Waals surface area contributed by atoms with Crippen molar-refractivity contribution in [1.29, 1.82) is 0 Å². The summed E-state index contributed by atoms with van der Waals surface area (Å²) in [6, 6.07) is 8.72. The second-order valence-corrected chi connectivity index (χ2v) is 7.49. The third kappa shape index (κ3) is 2.89. The summed E-state index contributed by atoms with van der Waals surface area (Å²) in [4.78, 5) is 0. The molecule has 2 bridgehead atoms. The Morgan fingerprint density at radius 3 is 2.24 bits per heavy atom.